The van der Waals surface area contributed by atoms with Crippen LogP contribution in [-0.4, -0.2) is 40.2 Å². The first kappa shape index (κ1) is 24.6. The van der Waals surface area contributed by atoms with Gasteiger partial charge in [-0.1, -0.05) is 0 Å². The minimum atomic E-state index is -4.02. The number of anilines is 1. The van der Waals surface area contributed by atoms with E-state index >= 15 is 0 Å². The molecule has 0 saturated carbocycles. The van der Waals surface area contributed by atoms with Crippen molar-refractivity contribution in [3.8, 4) is 17.2 Å². The van der Waals surface area contributed by atoms with Crippen molar-refractivity contribution in [2.45, 2.75) is 31.3 Å². The minimum Gasteiger partial charge on any atom is -0.493 e. The minimum absolute atomic E-state index is 0.0211. The first-order valence-corrected chi connectivity index (χ1v) is 13.2. The van der Waals surface area contributed by atoms with Crippen molar-refractivity contribution >= 4 is 42.9 Å². The van der Waals surface area contributed by atoms with Gasteiger partial charge in [0, 0.05) is 29.4 Å². The molecular weight excluding hydrogens is 496 g/mol. The number of benzene rings is 4. The van der Waals surface area contributed by atoms with Crippen LogP contribution in [0.4, 0.5) is 11.4 Å². The molecule has 1 heterocycles. The van der Waals surface area contributed by atoms with Gasteiger partial charge < -0.3 is 14.2 Å². The molecule has 0 radical (unpaired) electrons. The summed E-state index contributed by atoms with van der Waals surface area (Å²) in [6.45, 7) is 4.07. The smallest absolute Gasteiger partial charge is 0.269 e. The van der Waals surface area contributed by atoms with E-state index in [1.165, 1.54) is 28.6 Å². The van der Waals surface area contributed by atoms with Gasteiger partial charge in [0.25, 0.3) is 15.7 Å². The third-order valence-corrected chi connectivity index (χ3v) is 8.28. The molecule has 0 bridgehead atoms. The average molecular weight is 523 g/mol. The lowest BCUT2D eigenvalue weighted by Gasteiger charge is -2.32. The van der Waals surface area contributed by atoms with E-state index in [1.807, 2.05) is 44.2 Å². The number of rotatable bonds is 7. The Morgan fingerprint density at radius 3 is 2.32 bits per heavy atom. The fourth-order valence-electron chi connectivity index (χ4n) is 4.90. The van der Waals surface area contributed by atoms with Crippen molar-refractivity contribution in [1.82, 2.24) is 0 Å². The van der Waals surface area contributed by atoms with Gasteiger partial charge in [0.2, 0.25) is 0 Å². The van der Waals surface area contributed by atoms with E-state index < -0.39 is 14.9 Å². The van der Waals surface area contributed by atoms with E-state index in [0.717, 1.165) is 27.1 Å². The second kappa shape index (κ2) is 9.11. The molecular formula is C27H26N2O7S. The first-order chi connectivity index (χ1) is 17.6. The third kappa shape index (κ3) is 4.07. The maximum atomic E-state index is 13.8. The van der Waals surface area contributed by atoms with E-state index in [9.17, 15) is 18.5 Å². The Morgan fingerprint density at radius 1 is 0.973 bits per heavy atom. The van der Waals surface area contributed by atoms with Gasteiger partial charge in [0.1, 0.15) is 5.75 Å². The molecule has 0 N–H and O–H groups in total. The van der Waals surface area contributed by atoms with Crippen LogP contribution in [0, 0.1) is 10.1 Å². The predicted molar refractivity (Wildman–Crippen MR) is 142 cm³/mol. The summed E-state index contributed by atoms with van der Waals surface area (Å²) >= 11 is 0. The highest BCUT2D eigenvalue weighted by Gasteiger charge is 2.33. The highest BCUT2D eigenvalue weighted by Crippen LogP contribution is 2.49. The van der Waals surface area contributed by atoms with Gasteiger partial charge >= 0.3 is 0 Å². The van der Waals surface area contributed by atoms with E-state index in [0.29, 0.717) is 29.4 Å². The fraction of sp³-hybridized carbons (Fsp3) is 0.259. The molecule has 9 nitrogen and oxygen atoms in total. The molecule has 0 aromatic heterocycles. The molecule has 5 rings (SSSR count). The molecule has 0 aliphatic carbocycles. The SMILES string of the molecule is COc1cc2c3c(cc4cc(OC(C)C)ccc4c3c1OC)N(S(=O)(=O)c1ccc([N+](=O)[O-])cc1)CC2. The third-order valence-electron chi connectivity index (χ3n) is 6.45. The number of nitrogens with zero attached hydrogens (tertiary/aromatic N) is 2. The van der Waals surface area contributed by atoms with Gasteiger partial charge in [-0.3, -0.25) is 14.4 Å². The Morgan fingerprint density at radius 2 is 1.70 bits per heavy atom. The normalized spacial score (nSPS) is 13.3. The van der Waals surface area contributed by atoms with Crippen LogP contribution in [0.15, 0.2) is 59.5 Å². The quantitative estimate of drug-likeness (QED) is 0.180. The van der Waals surface area contributed by atoms with Gasteiger partial charge in [-0.25, -0.2) is 8.42 Å². The lowest BCUT2D eigenvalue weighted by Crippen LogP contribution is -2.35. The zero-order chi connectivity index (χ0) is 26.5. The Hall–Kier alpha value is -4.05. The summed E-state index contributed by atoms with van der Waals surface area (Å²) in [5.74, 6) is 1.74. The van der Waals surface area contributed by atoms with Gasteiger partial charge in [0.15, 0.2) is 11.5 Å². The van der Waals surface area contributed by atoms with Crippen molar-refractivity contribution in [3.05, 3.63) is 70.3 Å². The summed E-state index contributed by atoms with van der Waals surface area (Å²) in [6.07, 6.45) is 0.423. The zero-order valence-electron chi connectivity index (χ0n) is 20.8. The van der Waals surface area contributed by atoms with Crippen LogP contribution in [0.2, 0.25) is 0 Å². The number of hydrogen-bond acceptors (Lipinski definition) is 7. The molecule has 0 spiro atoms. The highest BCUT2D eigenvalue weighted by molar-refractivity contribution is 7.92. The van der Waals surface area contributed by atoms with Gasteiger partial charge in [-0.15, -0.1) is 0 Å². The zero-order valence-corrected chi connectivity index (χ0v) is 21.7. The lowest BCUT2D eigenvalue weighted by molar-refractivity contribution is -0.384. The average Bonchev–Trinajstić information content (AvgIpc) is 2.87. The van der Waals surface area contributed by atoms with Crippen molar-refractivity contribution in [2.75, 3.05) is 25.1 Å². The molecule has 4 aromatic rings. The molecule has 1 aliphatic rings. The Labute approximate surface area is 214 Å². The molecule has 0 saturated heterocycles. The van der Waals surface area contributed by atoms with Gasteiger partial charge in [-0.2, -0.15) is 0 Å². The number of nitro benzene ring substituents is 1. The van der Waals surface area contributed by atoms with Crippen LogP contribution in [0.1, 0.15) is 19.4 Å². The van der Waals surface area contributed by atoms with Crippen LogP contribution in [0.3, 0.4) is 0 Å². The number of fused-ring (bicyclic) bond motifs is 2. The molecule has 0 amide bonds. The van der Waals surface area contributed by atoms with Crippen molar-refractivity contribution in [2.24, 2.45) is 0 Å². The topological polar surface area (TPSA) is 108 Å². The van der Waals surface area contributed by atoms with E-state index in [4.69, 9.17) is 14.2 Å². The van der Waals surface area contributed by atoms with E-state index in [-0.39, 0.29) is 23.2 Å². The number of methoxy groups -OCH3 is 2. The van der Waals surface area contributed by atoms with Gasteiger partial charge in [0.05, 0.1) is 35.8 Å². The van der Waals surface area contributed by atoms with Crippen LogP contribution in [0.25, 0.3) is 21.5 Å². The van der Waals surface area contributed by atoms with Crippen LogP contribution >= 0.6 is 0 Å². The molecule has 10 heteroatoms. The lowest BCUT2D eigenvalue weighted by atomic mass is 9.92. The molecule has 0 unspecified atom stereocenters. The molecule has 37 heavy (non-hydrogen) atoms. The maximum absolute atomic E-state index is 13.8. The van der Waals surface area contributed by atoms with E-state index in [2.05, 4.69) is 0 Å². The van der Waals surface area contributed by atoms with Crippen LogP contribution < -0.4 is 18.5 Å². The van der Waals surface area contributed by atoms with Gasteiger partial charge in [-0.05, 0) is 79.1 Å². The molecule has 1 aliphatic heterocycles. The second-order valence-corrected chi connectivity index (χ2v) is 10.9. The van der Waals surface area contributed by atoms with Crippen LogP contribution in [0.5, 0.6) is 17.2 Å². The molecule has 4 aromatic carbocycles. The van der Waals surface area contributed by atoms with E-state index in [1.54, 1.807) is 14.2 Å². The highest BCUT2D eigenvalue weighted by atomic mass is 32.2. The summed E-state index contributed by atoms with van der Waals surface area (Å²) in [5.41, 5.74) is 1.28. The standard InChI is InChI=1S/C27H26N2O7S/c1-16(2)36-20-7-10-22-18(13-20)14-23-25-17(15-24(34-3)27(35-4)26(22)25)11-12-28(23)37(32,33)21-8-5-19(6-9-21)29(30)31/h5-10,13-16H,11-12H2,1-4H3. The Kier molecular flexibility index (Phi) is 6.07. The molecule has 0 fully saturated rings. The fourth-order valence-corrected chi connectivity index (χ4v) is 6.37. The summed E-state index contributed by atoms with van der Waals surface area (Å²) in [4.78, 5) is 10.5. The number of hydrogen-bond donors (Lipinski definition) is 0. The Bertz CT molecular complexity index is 1650. The maximum Gasteiger partial charge on any atom is 0.269 e. The summed E-state index contributed by atoms with van der Waals surface area (Å²) in [6, 6.07) is 14.4. The summed E-state index contributed by atoms with van der Waals surface area (Å²) in [7, 11) is -0.886. The van der Waals surface area contributed by atoms with Crippen molar-refractivity contribution in [3.63, 3.8) is 0 Å². The van der Waals surface area contributed by atoms with Crippen molar-refractivity contribution < 1.29 is 27.6 Å². The summed E-state index contributed by atoms with van der Waals surface area (Å²) in [5, 5.41) is 14.2. The molecule has 192 valence electrons. The van der Waals surface area contributed by atoms with Crippen LogP contribution in [-0.2, 0) is 16.4 Å². The number of ether oxygens (including phenoxy) is 3. The monoisotopic (exact) mass is 522 g/mol. The van der Waals surface area contributed by atoms with Crippen molar-refractivity contribution in [1.29, 1.82) is 0 Å². The summed E-state index contributed by atoms with van der Waals surface area (Å²) < 4.78 is 46.3. The second-order valence-electron chi connectivity index (χ2n) is 9.04. The largest absolute Gasteiger partial charge is 0.493 e. The number of sulfonamides is 1. The molecule has 0 atom stereocenters. The first-order valence-electron chi connectivity index (χ1n) is 11.7. The predicted octanol–water partition coefficient (Wildman–Crippen LogP) is 5.46. The Balaban J connectivity index is 1.80. The number of nitro groups is 1. The number of non-ortho nitro benzene ring substituents is 1.